The number of rotatable bonds is 14. The van der Waals surface area contributed by atoms with Crippen molar-refractivity contribution in [2.24, 2.45) is 5.92 Å². The lowest BCUT2D eigenvalue weighted by atomic mass is 9.84. The molecule has 4 heterocycles. The number of alkyl halides is 3. The van der Waals surface area contributed by atoms with Gasteiger partial charge in [0.25, 0.3) is 0 Å². The minimum Gasteiger partial charge on any atom is -0.379 e. The van der Waals surface area contributed by atoms with Crippen LogP contribution in [0.5, 0.6) is 0 Å². The Labute approximate surface area is 323 Å². The van der Waals surface area contributed by atoms with E-state index in [1.54, 1.807) is 35.3 Å². The van der Waals surface area contributed by atoms with Crippen LogP contribution in [0.2, 0.25) is 0 Å². The largest absolute Gasteiger partial charge is 0.416 e. The monoisotopic (exact) mass is 781 g/mol. The third kappa shape index (κ3) is 9.20. The maximum Gasteiger partial charge on any atom is 0.416 e. The molecule has 2 aliphatic heterocycles. The van der Waals surface area contributed by atoms with Crippen molar-refractivity contribution < 1.29 is 37.1 Å². The first-order valence-corrected chi connectivity index (χ1v) is 19.1. The number of aromatic nitrogens is 3. The van der Waals surface area contributed by atoms with Crippen molar-refractivity contribution in [2.75, 3.05) is 45.7 Å². The molecule has 0 spiro atoms. The molecule has 2 saturated heterocycles. The molecule has 14 nitrogen and oxygen atoms in total. The minimum atomic E-state index is -4.55. The van der Waals surface area contributed by atoms with Gasteiger partial charge in [0.05, 0.1) is 48.3 Å². The summed E-state index contributed by atoms with van der Waals surface area (Å²) in [6.45, 7) is 5.14. The maximum absolute atomic E-state index is 13.9. The molecule has 56 heavy (non-hydrogen) atoms. The standard InChI is InChI=1S/C39H50F3N9O5/c1-23(2)49(3)26-8-10-32(51-15-11-30(38(51)55)48-36-27-18-25(39(40,41)42)7-9-29(27)45-22-46-36)31(19-26)47-33(52)12-16-56-17-14-44-37(54)28-20-34(53)50(4)35(28)24-6-5-13-43-21-24/h5-7,9,13,18,21-23,26,28,30-32,35H,8,10-12,14-17,19-20H2,1-4H3,(H,44,54)(H,47,52)(H,45,46,48)/t26-,28+,30+,31-,32+,35-/m1/s1. The van der Waals surface area contributed by atoms with E-state index < -0.39 is 29.7 Å². The van der Waals surface area contributed by atoms with Crippen LogP contribution in [0.4, 0.5) is 19.0 Å². The molecule has 2 aromatic heterocycles. The zero-order chi connectivity index (χ0) is 40.1. The average Bonchev–Trinajstić information content (AvgIpc) is 3.69. The summed E-state index contributed by atoms with van der Waals surface area (Å²) in [5.74, 6) is -1.19. The highest BCUT2D eigenvalue weighted by atomic mass is 19.4. The second-order valence-corrected chi connectivity index (χ2v) is 15.1. The fraction of sp³-hybridized carbons (Fsp3) is 0.564. The number of pyridine rings is 1. The number of fused-ring (bicyclic) bond motifs is 1. The van der Waals surface area contributed by atoms with E-state index in [2.05, 4.69) is 56.7 Å². The fourth-order valence-corrected chi connectivity index (χ4v) is 8.17. The Balaban J connectivity index is 1.02. The topological polar surface area (TPSA) is 162 Å². The Morgan fingerprint density at radius 3 is 2.62 bits per heavy atom. The van der Waals surface area contributed by atoms with Crippen LogP contribution < -0.4 is 16.0 Å². The summed E-state index contributed by atoms with van der Waals surface area (Å²) in [4.78, 5) is 70.8. The van der Waals surface area contributed by atoms with Crippen LogP contribution >= 0.6 is 0 Å². The normalized spacial score (nSPS) is 24.4. The van der Waals surface area contributed by atoms with Crippen LogP contribution in [0.25, 0.3) is 10.9 Å². The lowest BCUT2D eigenvalue weighted by Gasteiger charge is -2.44. The predicted molar refractivity (Wildman–Crippen MR) is 201 cm³/mol. The van der Waals surface area contributed by atoms with Gasteiger partial charge in [-0.2, -0.15) is 13.2 Å². The molecule has 1 aromatic carbocycles. The van der Waals surface area contributed by atoms with E-state index in [1.165, 1.54) is 12.4 Å². The number of carbonyl (C=O) groups excluding carboxylic acids is 4. The average molecular weight is 782 g/mol. The number of likely N-dealkylation sites (tertiary alicyclic amines) is 2. The molecule has 0 radical (unpaired) electrons. The number of hydrogen-bond donors (Lipinski definition) is 3. The van der Waals surface area contributed by atoms with Crippen molar-refractivity contribution in [1.29, 1.82) is 0 Å². The Bertz CT molecular complexity index is 1880. The summed E-state index contributed by atoms with van der Waals surface area (Å²) in [6.07, 6.45) is 2.72. The van der Waals surface area contributed by atoms with E-state index in [0.29, 0.717) is 31.3 Å². The lowest BCUT2D eigenvalue weighted by Crippen LogP contribution is -2.58. The molecular formula is C39H50F3N9O5. The summed E-state index contributed by atoms with van der Waals surface area (Å²) in [7, 11) is 3.74. The lowest BCUT2D eigenvalue weighted by molar-refractivity contribution is -0.137. The van der Waals surface area contributed by atoms with Crippen molar-refractivity contribution in [3.63, 3.8) is 0 Å². The highest BCUT2D eigenvalue weighted by Gasteiger charge is 2.44. The van der Waals surface area contributed by atoms with Crippen molar-refractivity contribution in [3.8, 4) is 0 Å². The number of nitrogens with zero attached hydrogens (tertiary/aromatic N) is 6. The second kappa shape index (κ2) is 17.5. The number of amides is 4. The predicted octanol–water partition coefficient (Wildman–Crippen LogP) is 3.55. The summed E-state index contributed by atoms with van der Waals surface area (Å²) in [5.41, 5.74) is 0.285. The van der Waals surface area contributed by atoms with Gasteiger partial charge in [0.2, 0.25) is 23.6 Å². The van der Waals surface area contributed by atoms with Gasteiger partial charge in [-0.05, 0) is 76.4 Å². The molecule has 1 saturated carbocycles. The zero-order valence-corrected chi connectivity index (χ0v) is 32.1. The molecule has 3 fully saturated rings. The first kappa shape index (κ1) is 40.8. The van der Waals surface area contributed by atoms with Gasteiger partial charge in [0, 0.05) is 62.8 Å². The number of carbonyl (C=O) groups is 4. The number of nitrogens with one attached hydrogen (secondary N) is 3. The maximum atomic E-state index is 13.9. The zero-order valence-electron chi connectivity index (χ0n) is 32.1. The number of anilines is 1. The summed E-state index contributed by atoms with van der Waals surface area (Å²) < 4.78 is 46.2. The van der Waals surface area contributed by atoms with Gasteiger partial charge >= 0.3 is 6.18 Å². The SMILES string of the molecule is CC(C)N(C)[C@@H]1CC[C@H](N2CC[C@H](Nc3ncnc4ccc(C(F)(F)F)cc34)C2=O)[C@H](NC(=O)CCOCCNC(=O)[C@H]2CC(=O)N(C)[C@@H]2c2cccnc2)C1. The molecule has 0 unspecified atom stereocenters. The van der Waals surface area contributed by atoms with Crippen LogP contribution in [0.3, 0.4) is 0 Å². The van der Waals surface area contributed by atoms with Crippen LogP contribution in [0.15, 0.2) is 49.1 Å². The fourth-order valence-electron chi connectivity index (χ4n) is 8.17. The van der Waals surface area contributed by atoms with E-state index in [-0.39, 0.29) is 91.6 Å². The van der Waals surface area contributed by atoms with Crippen molar-refractivity contribution >= 4 is 40.3 Å². The van der Waals surface area contributed by atoms with Gasteiger partial charge in [-0.25, -0.2) is 9.97 Å². The molecule has 3 aliphatic rings. The van der Waals surface area contributed by atoms with E-state index in [9.17, 15) is 32.3 Å². The summed E-state index contributed by atoms with van der Waals surface area (Å²) >= 11 is 0. The Hall–Kier alpha value is -4.90. The molecule has 4 amide bonds. The minimum absolute atomic E-state index is 0.0751. The van der Waals surface area contributed by atoms with Gasteiger partial charge in [0.1, 0.15) is 18.2 Å². The molecule has 3 aromatic rings. The van der Waals surface area contributed by atoms with Crippen molar-refractivity contribution in [1.82, 2.24) is 40.3 Å². The van der Waals surface area contributed by atoms with E-state index in [1.807, 2.05) is 6.07 Å². The van der Waals surface area contributed by atoms with Gasteiger partial charge in [-0.3, -0.25) is 24.2 Å². The Morgan fingerprint density at radius 1 is 1.09 bits per heavy atom. The number of hydrogen-bond acceptors (Lipinski definition) is 10. The number of benzene rings is 1. The Kier molecular flexibility index (Phi) is 12.7. The second-order valence-electron chi connectivity index (χ2n) is 15.1. The van der Waals surface area contributed by atoms with Gasteiger partial charge in [0.15, 0.2) is 0 Å². The van der Waals surface area contributed by atoms with Gasteiger partial charge < -0.3 is 35.4 Å². The third-order valence-corrected chi connectivity index (χ3v) is 11.4. The molecule has 6 atom stereocenters. The van der Waals surface area contributed by atoms with E-state index in [0.717, 1.165) is 24.1 Å². The highest BCUT2D eigenvalue weighted by Crippen LogP contribution is 2.37. The molecule has 0 bridgehead atoms. The summed E-state index contributed by atoms with van der Waals surface area (Å²) in [6, 6.07) is 5.61. The number of ether oxygens (including phenoxy) is 1. The molecule has 3 N–H and O–H groups in total. The van der Waals surface area contributed by atoms with Crippen LogP contribution in [0.1, 0.15) is 69.5 Å². The first-order valence-electron chi connectivity index (χ1n) is 19.1. The first-order chi connectivity index (χ1) is 26.7. The van der Waals surface area contributed by atoms with E-state index in [4.69, 9.17) is 4.74 Å². The Morgan fingerprint density at radius 2 is 1.89 bits per heavy atom. The molecular weight excluding hydrogens is 731 g/mol. The van der Waals surface area contributed by atoms with Gasteiger partial charge in [-0.15, -0.1) is 0 Å². The molecule has 302 valence electrons. The quantitative estimate of drug-likeness (QED) is 0.207. The molecule has 6 rings (SSSR count). The van der Waals surface area contributed by atoms with E-state index >= 15 is 0 Å². The van der Waals surface area contributed by atoms with Gasteiger partial charge in [-0.1, -0.05) is 6.07 Å². The van der Waals surface area contributed by atoms with Crippen LogP contribution in [-0.2, 0) is 30.1 Å². The van der Waals surface area contributed by atoms with Crippen LogP contribution in [0, 0.1) is 5.92 Å². The van der Waals surface area contributed by atoms with Crippen molar-refractivity contribution in [2.45, 2.75) is 94.8 Å². The molecule has 1 aliphatic carbocycles. The smallest absolute Gasteiger partial charge is 0.379 e. The number of halogens is 3. The summed E-state index contributed by atoms with van der Waals surface area (Å²) in [5, 5.41) is 9.30. The third-order valence-electron chi connectivity index (χ3n) is 11.4. The van der Waals surface area contributed by atoms with Crippen LogP contribution in [-0.4, -0.2) is 124 Å². The molecule has 17 heteroatoms. The highest BCUT2D eigenvalue weighted by molar-refractivity contribution is 5.93. The van der Waals surface area contributed by atoms with Crippen molar-refractivity contribution in [3.05, 3.63) is 60.2 Å².